The van der Waals surface area contributed by atoms with E-state index in [0.29, 0.717) is 17.6 Å². The quantitative estimate of drug-likeness (QED) is 0.774. The van der Waals surface area contributed by atoms with Crippen molar-refractivity contribution < 1.29 is 9.21 Å². The van der Waals surface area contributed by atoms with Gasteiger partial charge in [0.15, 0.2) is 5.58 Å². The van der Waals surface area contributed by atoms with Crippen molar-refractivity contribution >= 4 is 29.0 Å². The molecule has 0 aliphatic carbocycles. The number of fused-ring (bicyclic) bond motifs is 1. The molecule has 0 bridgehead atoms. The highest BCUT2D eigenvalue weighted by atomic mass is 32.1. The van der Waals surface area contributed by atoms with Crippen molar-refractivity contribution in [3.8, 4) is 0 Å². The van der Waals surface area contributed by atoms with Gasteiger partial charge in [-0.2, -0.15) is 0 Å². The van der Waals surface area contributed by atoms with Gasteiger partial charge in [-0.1, -0.05) is 18.7 Å². The largest absolute Gasteiger partial charge is 0.419 e. The van der Waals surface area contributed by atoms with Crippen LogP contribution in [0.25, 0.3) is 11.1 Å². The summed E-state index contributed by atoms with van der Waals surface area (Å²) < 4.78 is 6.40. The average molecular weight is 238 g/mol. The Morgan fingerprint density at radius 2 is 2.31 bits per heavy atom. The van der Waals surface area contributed by atoms with E-state index in [4.69, 9.17) is 4.42 Å². The molecule has 0 radical (unpaired) electrons. The van der Waals surface area contributed by atoms with E-state index in [0.717, 1.165) is 5.56 Å². The van der Waals surface area contributed by atoms with Crippen LogP contribution >= 0.6 is 12.6 Å². The van der Waals surface area contributed by atoms with Crippen LogP contribution in [0.3, 0.4) is 0 Å². The average Bonchev–Trinajstić information content (AvgIpc) is 2.52. The fourth-order valence-corrected chi connectivity index (χ4v) is 1.54. The number of nitrogens with one attached hydrogen (secondary N) is 1. The molecule has 0 saturated heterocycles. The van der Waals surface area contributed by atoms with Crippen LogP contribution in [0.15, 0.2) is 27.4 Å². The van der Waals surface area contributed by atoms with Gasteiger partial charge in [-0.3, -0.25) is 9.36 Å². The predicted octanol–water partition coefficient (Wildman–Crippen LogP) is 1.27. The zero-order valence-electron chi connectivity index (χ0n) is 8.56. The standard InChI is InChI=1S/C10H10N2O3S/c1-12-7-4-6(5-11-9(13)16)2-3-8(7)15-10(12)14/h2-4H,5H2,1H3,(H2,11,13,16). The fourth-order valence-electron chi connectivity index (χ4n) is 1.46. The van der Waals surface area contributed by atoms with Gasteiger partial charge in [0.2, 0.25) is 0 Å². The molecule has 1 amide bonds. The molecule has 6 heteroatoms. The molecule has 0 aliphatic rings. The number of nitrogens with zero attached hydrogens (tertiary/aromatic N) is 1. The van der Waals surface area contributed by atoms with Gasteiger partial charge in [0.05, 0.1) is 5.52 Å². The second kappa shape index (κ2) is 4.05. The van der Waals surface area contributed by atoms with E-state index in [-0.39, 0.29) is 5.24 Å². The molecule has 0 fully saturated rings. The highest BCUT2D eigenvalue weighted by Crippen LogP contribution is 2.14. The molecule has 84 valence electrons. The first-order valence-electron chi connectivity index (χ1n) is 4.63. The lowest BCUT2D eigenvalue weighted by Crippen LogP contribution is -2.15. The minimum Gasteiger partial charge on any atom is -0.408 e. The number of aryl methyl sites for hydroxylation is 1. The summed E-state index contributed by atoms with van der Waals surface area (Å²) in [7, 11) is 1.63. The first kappa shape index (κ1) is 10.8. The van der Waals surface area contributed by atoms with Crippen LogP contribution in [0.4, 0.5) is 4.79 Å². The summed E-state index contributed by atoms with van der Waals surface area (Å²) in [5.41, 5.74) is 2.12. The van der Waals surface area contributed by atoms with E-state index >= 15 is 0 Å². The number of hydrogen-bond acceptors (Lipinski definition) is 3. The third-order valence-electron chi connectivity index (χ3n) is 2.30. The summed E-state index contributed by atoms with van der Waals surface area (Å²) in [4.78, 5) is 21.9. The summed E-state index contributed by atoms with van der Waals surface area (Å²) in [6.07, 6.45) is 0. The smallest absolute Gasteiger partial charge is 0.408 e. The fraction of sp³-hybridized carbons (Fsp3) is 0.200. The number of carbonyl (C=O) groups excluding carboxylic acids is 1. The van der Waals surface area contributed by atoms with Crippen LogP contribution in [0.1, 0.15) is 5.56 Å². The molecular weight excluding hydrogens is 228 g/mol. The van der Waals surface area contributed by atoms with Crippen LogP contribution in [-0.2, 0) is 13.6 Å². The molecule has 0 aliphatic heterocycles. The Hall–Kier alpha value is -1.69. The molecule has 0 spiro atoms. The number of rotatable bonds is 2. The molecule has 1 N–H and O–H groups in total. The highest BCUT2D eigenvalue weighted by molar-refractivity contribution is 7.96. The van der Waals surface area contributed by atoms with Gasteiger partial charge in [0, 0.05) is 13.6 Å². The Kier molecular flexibility index (Phi) is 2.74. The van der Waals surface area contributed by atoms with Gasteiger partial charge in [-0.05, 0) is 17.7 Å². The molecular formula is C10H10N2O3S. The van der Waals surface area contributed by atoms with Crippen molar-refractivity contribution in [3.05, 3.63) is 34.3 Å². The maximum atomic E-state index is 11.2. The highest BCUT2D eigenvalue weighted by Gasteiger charge is 2.06. The van der Waals surface area contributed by atoms with Crippen molar-refractivity contribution in [2.24, 2.45) is 7.05 Å². The van der Waals surface area contributed by atoms with Crippen LogP contribution in [-0.4, -0.2) is 9.81 Å². The molecule has 0 saturated carbocycles. The molecule has 2 rings (SSSR count). The van der Waals surface area contributed by atoms with Crippen molar-refractivity contribution in [1.82, 2.24) is 9.88 Å². The van der Waals surface area contributed by atoms with E-state index < -0.39 is 5.76 Å². The number of amides is 1. The van der Waals surface area contributed by atoms with Crippen LogP contribution in [0.5, 0.6) is 0 Å². The molecule has 1 aromatic heterocycles. The Balaban J connectivity index is 2.39. The Bertz CT molecular complexity index is 600. The minimum absolute atomic E-state index is 0.373. The lowest BCUT2D eigenvalue weighted by molar-refractivity contribution is 0.260. The van der Waals surface area contributed by atoms with Gasteiger partial charge < -0.3 is 9.73 Å². The first-order valence-corrected chi connectivity index (χ1v) is 5.08. The van der Waals surface area contributed by atoms with Crippen LogP contribution in [0.2, 0.25) is 0 Å². The number of benzene rings is 1. The van der Waals surface area contributed by atoms with Gasteiger partial charge in [-0.15, -0.1) is 0 Å². The maximum Gasteiger partial charge on any atom is 0.419 e. The predicted molar refractivity (Wildman–Crippen MR) is 62.7 cm³/mol. The summed E-state index contributed by atoms with van der Waals surface area (Å²) >= 11 is 3.60. The number of carbonyl (C=O) groups is 1. The molecule has 1 heterocycles. The first-order chi connectivity index (χ1) is 7.58. The summed E-state index contributed by atoms with van der Waals surface area (Å²) in [5, 5.41) is 2.17. The van der Waals surface area contributed by atoms with E-state index in [1.54, 1.807) is 25.2 Å². The second-order valence-corrected chi connectivity index (χ2v) is 3.79. The van der Waals surface area contributed by atoms with Crippen molar-refractivity contribution in [2.75, 3.05) is 0 Å². The maximum absolute atomic E-state index is 11.2. The lowest BCUT2D eigenvalue weighted by Gasteiger charge is -2.01. The van der Waals surface area contributed by atoms with Crippen molar-refractivity contribution in [3.63, 3.8) is 0 Å². The molecule has 2 aromatic rings. The van der Waals surface area contributed by atoms with E-state index in [2.05, 4.69) is 17.9 Å². The number of aromatic nitrogens is 1. The Morgan fingerprint density at radius 1 is 1.56 bits per heavy atom. The number of thiol groups is 1. The zero-order chi connectivity index (χ0) is 11.7. The minimum atomic E-state index is -0.398. The molecule has 5 nitrogen and oxygen atoms in total. The SMILES string of the molecule is Cn1c(=O)oc2ccc(CNC(=O)S)cc21. The van der Waals surface area contributed by atoms with E-state index in [1.807, 2.05) is 0 Å². The topological polar surface area (TPSA) is 64.2 Å². The van der Waals surface area contributed by atoms with Gasteiger partial charge in [0.1, 0.15) is 0 Å². The zero-order valence-corrected chi connectivity index (χ0v) is 9.45. The normalized spacial score (nSPS) is 10.6. The monoisotopic (exact) mass is 238 g/mol. The van der Waals surface area contributed by atoms with E-state index in [9.17, 15) is 9.59 Å². The molecule has 16 heavy (non-hydrogen) atoms. The lowest BCUT2D eigenvalue weighted by atomic mass is 10.2. The number of oxazole rings is 1. The van der Waals surface area contributed by atoms with Gasteiger partial charge in [-0.25, -0.2) is 4.79 Å². The summed E-state index contributed by atoms with van der Waals surface area (Å²) in [6.45, 7) is 0.373. The second-order valence-electron chi connectivity index (χ2n) is 3.39. The van der Waals surface area contributed by atoms with Crippen molar-refractivity contribution in [1.29, 1.82) is 0 Å². The summed E-state index contributed by atoms with van der Waals surface area (Å²) in [6, 6.07) is 5.29. The van der Waals surface area contributed by atoms with Gasteiger partial charge in [0.25, 0.3) is 5.24 Å². The molecule has 0 atom stereocenters. The van der Waals surface area contributed by atoms with Crippen LogP contribution in [0, 0.1) is 0 Å². The van der Waals surface area contributed by atoms with Crippen molar-refractivity contribution in [2.45, 2.75) is 6.54 Å². The number of hydrogen-bond donors (Lipinski definition) is 2. The third-order valence-corrected chi connectivity index (χ3v) is 2.46. The Morgan fingerprint density at radius 3 is 3.00 bits per heavy atom. The van der Waals surface area contributed by atoms with Gasteiger partial charge >= 0.3 is 5.76 Å². The summed E-state index contributed by atoms with van der Waals surface area (Å²) in [5.74, 6) is -0.398. The third kappa shape index (κ3) is 1.96. The molecule has 0 unspecified atom stereocenters. The van der Waals surface area contributed by atoms with Crippen LogP contribution < -0.4 is 11.1 Å². The molecule has 1 aromatic carbocycles. The Labute approximate surface area is 96.5 Å². The van der Waals surface area contributed by atoms with E-state index in [1.165, 1.54) is 4.57 Å².